The Morgan fingerprint density at radius 1 is 1.62 bits per heavy atom. The highest BCUT2D eigenvalue weighted by atomic mass is 32.1. The maximum absolute atomic E-state index is 11.8. The lowest BCUT2D eigenvalue weighted by Crippen LogP contribution is -2.41. The number of rotatable bonds is 4. The van der Waals surface area contributed by atoms with Gasteiger partial charge in [-0.2, -0.15) is 0 Å². The molecular weight excluding hydrogens is 220 g/mol. The summed E-state index contributed by atoms with van der Waals surface area (Å²) in [5, 5.41) is 8.35. The molecule has 1 aromatic rings. The van der Waals surface area contributed by atoms with E-state index in [1.807, 2.05) is 6.07 Å². The standard InChI is InChI=1S/C12H18N2OS/c15-12(10-3-1-6-13-9-10)14-7-5-11-4-2-8-16-11/h2,4,8,10,13H,1,3,5-7,9H2,(H,14,15). The van der Waals surface area contributed by atoms with Gasteiger partial charge in [0, 0.05) is 18.0 Å². The van der Waals surface area contributed by atoms with E-state index in [1.165, 1.54) is 4.88 Å². The fraction of sp³-hybridized carbons (Fsp3) is 0.583. The van der Waals surface area contributed by atoms with Crippen molar-refractivity contribution in [3.8, 4) is 0 Å². The number of amides is 1. The largest absolute Gasteiger partial charge is 0.355 e. The van der Waals surface area contributed by atoms with Gasteiger partial charge in [0.1, 0.15) is 0 Å². The Bertz CT molecular complexity index is 318. The fourth-order valence-electron chi connectivity index (χ4n) is 1.98. The monoisotopic (exact) mass is 238 g/mol. The lowest BCUT2D eigenvalue weighted by Gasteiger charge is -2.21. The number of hydrogen-bond acceptors (Lipinski definition) is 3. The quantitative estimate of drug-likeness (QED) is 0.832. The molecule has 1 fully saturated rings. The molecular formula is C12H18N2OS. The molecule has 1 aliphatic rings. The maximum Gasteiger partial charge on any atom is 0.224 e. The third kappa shape index (κ3) is 3.32. The summed E-state index contributed by atoms with van der Waals surface area (Å²) in [4.78, 5) is 13.1. The molecule has 1 aromatic heterocycles. The normalized spacial score (nSPS) is 20.6. The number of carbonyl (C=O) groups excluding carboxylic acids is 1. The second-order valence-electron chi connectivity index (χ2n) is 4.16. The van der Waals surface area contributed by atoms with Gasteiger partial charge in [-0.1, -0.05) is 6.07 Å². The van der Waals surface area contributed by atoms with Crippen molar-refractivity contribution >= 4 is 17.2 Å². The maximum atomic E-state index is 11.8. The second kappa shape index (κ2) is 6.01. The van der Waals surface area contributed by atoms with Crippen molar-refractivity contribution in [2.45, 2.75) is 19.3 Å². The van der Waals surface area contributed by atoms with E-state index in [9.17, 15) is 4.79 Å². The molecule has 2 heterocycles. The smallest absolute Gasteiger partial charge is 0.224 e. The first-order chi connectivity index (χ1) is 7.86. The summed E-state index contributed by atoms with van der Waals surface area (Å²) in [6.45, 7) is 2.65. The molecule has 0 spiro atoms. The molecule has 1 atom stereocenters. The van der Waals surface area contributed by atoms with Gasteiger partial charge in [0.25, 0.3) is 0 Å². The van der Waals surface area contributed by atoms with Gasteiger partial charge >= 0.3 is 0 Å². The Labute approximate surface area is 100 Å². The summed E-state index contributed by atoms with van der Waals surface area (Å²) in [5.41, 5.74) is 0. The summed E-state index contributed by atoms with van der Waals surface area (Å²) in [5.74, 6) is 0.390. The van der Waals surface area contributed by atoms with Gasteiger partial charge in [0.2, 0.25) is 5.91 Å². The second-order valence-corrected chi connectivity index (χ2v) is 5.20. The predicted octanol–water partition coefficient (Wildman–Crippen LogP) is 1.41. The van der Waals surface area contributed by atoms with E-state index in [1.54, 1.807) is 11.3 Å². The summed E-state index contributed by atoms with van der Waals surface area (Å²) in [6.07, 6.45) is 3.09. The van der Waals surface area contributed by atoms with Crippen molar-refractivity contribution in [1.82, 2.24) is 10.6 Å². The van der Waals surface area contributed by atoms with Gasteiger partial charge in [-0.05, 0) is 37.3 Å². The first-order valence-corrected chi connectivity index (χ1v) is 6.75. The molecule has 1 unspecified atom stereocenters. The molecule has 2 N–H and O–H groups in total. The van der Waals surface area contributed by atoms with Crippen LogP contribution in [0.2, 0.25) is 0 Å². The summed E-state index contributed by atoms with van der Waals surface area (Å²) >= 11 is 1.75. The molecule has 1 amide bonds. The van der Waals surface area contributed by atoms with Gasteiger partial charge in [0.05, 0.1) is 5.92 Å². The summed E-state index contributed by atoms with van der Waals surface area (Å²) in [6, 6.07) is 4.16. The molecule has 0 bridgehead atoms. The van der Waals surface area contributed by atoms with Gasteiger partial charge < -0.3 is 10.6 Å². The molecule has 3 nitrogen and oxygen atoms in total. The minimum atomic E-state index is 0.178. The average molecular weight is 238 g/mol. The highest BCUT2D eigenvalue weighted by Gasteiger charge is 2.19. The third-order valence-corrected chi connectivity index (χ3v) is 3.85. The van der Waals surface area contributed by atoms with Gasteiger partial charge in [-0.3, -0.25) is 4.79 Å². The van der Waals surface area contributed by atoms with Crippen molar-refractivity contribution in [2.24, 2.45) is 5.92 Å². The summed E-state index contributed by atoms with van der Waals surface area (Å²) < 4.78 is 0. The van der Waals surface area contributed by atoms with Gasteiger partial charge in [0.15, 0.2) is 0 Å². The van der Waals surface area contributed by atoms with Gasteiger partial charge in [-0.25, -0.2) is 0 Å². The highest BCUT2D eigenvalue weighted by molar-refractivity contribution is 7.09. The van der Waals surface area contributed by atoms with Crippen molar-refractivity contribution < 1.29 is 4.79 Å². The fourth-order valence-corrected chi connectivity index (χ4v) is 2.69. The lowest BCUT2D eigenvalue weighted by molar-refractivity contribution is -0.125. The van der Waals surface area contributed by atoms with Crippen molar-refractivity contribution in [2.75, 3.05) is 19.6 Å². The van der Waals surface area contributed by atoms with Crippen LogP contribution >= 0.6 is 11.3 Å². The van der Waals surface area contributed by atoms with Crippen LogP contribution in [0.1, 0.15) is 17.7 Å². The van der Waals surface area contributed by atoms with E-state index >= 15 is 0 Å². The van der Waals surface area contributed by atoms with Crippen LogP contribution in [0, 0.1) is 5.92 Å². The van der Waals surface area contributed by atoms with Crippen molar-refractivity contribution in [3.05, 3.63) is 22.4 Å². The number of nitrogens with one attached hydrogen (secondary N) is 2. The molecule has 2 rings (SSSR count). The van der Waals surface area contributed by atoms with Crippen molar-refractivity contribution in [1.29, 1.82) is 0 Å². The zero-order valence-electron chi connectivity index (χ0n) is 9.37. The molecule has 0 aliphatic carbocycles. The van der Waals surface area contributed by atoms with Crippen LogP contribution in [0.5, 0.6) is 0 Å². The number of piperidine rings is 1. The molecule has 1 aliphatic heterocycles. The highest BCUT2D eigenvalue weighted by Crippen LogP contribution is 2.10. The molecule has 88 valence electrons. The molecule has 0 radical (unpaired) electrons. The van der Waals surface area contributed by atoms with E-state index in [4.69, 9.17) is 0 Å². The number of carbonyl (C=O) groups is 1. The van der Waals surface area contributed by atoms with Crippen LogP contribution in [0.25, 0.3) is 0 Å². The Balaban J connectivity index is 1.67. The van der Waals surface area contributed by atoms with E-state index in [0.29, 0.717) is 0 Å². The third-order valence-electron chi connectivity index (χ3n) is 2.92. The Kier molecular flexibility index (Phi) is 4.36. The Hall–Kier alpha value is -0.870. The van der Waals surface area contributed by atoms with E-state index < -0.39 is 0 Å². The Morgan fingerprint density at radius 2 is 2.56 bits per heavy atom. The average Bonchev–Trinajstić information content (AvgIpc) is 2.83. The van der Waals surface area contributed by atoms with Crippen LogP contribution in [-0.2, 0) is 11.2 Å². The number of thiophene rings is 1. The number of hydrogen-bond donors (Lipinski definition) is 2. The molecule has 0 saturated carbocycles. The van der Waals surface area contributed by atoms with E-state index in [2.05, 4.69) is 22.1 Å². The topological polar surface area (TPSA) is 41.1 Å². The van der Waals surface area contributed by atoms with Crippen LogP contribution in [0.4, 0.5) is 0 Å². The van der Waals surface area contributed by atoms with Crippen molar-refractivity contribution in [3.63, 3.8) is 0 Å². The zero-order chi connectivity index (χ0) is 11.2. The SMILES string of the molecule is O=C(NCCc1cccs1)C1CCCNC1. The van der Waals surface area contributed by atoms with Gasteiger partial charge in [-0.15, -0.1) is 11.3 Å². The van der Waals surface area contributed by atoms with Crippen LogP contribution in [0.15, 0.2) is 17.5 Å². The predicted molar refractivity (Wildman–Crippen MR) is 66.6 cm³/mol. The molecule has 0 aromatic carbocycles. The van der Waals surface area contributed by atoms with Crippen LogP contribution in [0.3, 0.4) is 0 Å². The van der Waals surface area contributed by atoms with E-state index in [-0.39, 0.29) is 11.8 Å². The van der Waals surface area contributed by atoms with Crippen LogP contribution < -0.4 is 10.6 Å². The minimum Gasteiger partial charge on any atom is -0.355 e. The zero-order valence-corrected chi connectivity index (χ0v) is 10.2. The molecule has 1 saturated heterocycles. The first-order valence-electron chi connectivity index (χ1n) is 5.87. The minimum absolute atomic E-state index is 0.178. The Morgan fingerprint density at radius 3 is 3.25 bits per heavy atom. The first kappa shape index (κ1) is 11.6. The lowest BCUT2D eigenvalue weighted by atomic mass is 9.99. The molecule has 16 heavy (non-hydrogen) atoms. The van der Waals surface area contributed by atoms with E-state index in [0.717, 1.165) is 38.9 Å². The molecule has 4 heteroatoms. The van der Waals surface area contributed by atoms with Crippen LogP contribution in [-0.4, -0.2) is 25.5 Å². The summed E-state index contributed by atoms with van der Waals surface area (Å²) in [7, 11) is 0.